The van der Waals surface area contributed by atoms with Crippen LogP contribution >= 0.6 is 11.6 Å². The second-order valence-electron chi connectivity index (χ2n) is 4.49. The molecule has 2 aromatic rings. The Hall–Kier alpha value is -1.88. The van der Waals surface area contributed by atoms with Crippen molar-refractivity contribution in [2.24, 2.45) is 0 Å². The van der Waals surface area contributed by atoms with Crippen molar-refractivity contribution in [3.05, 3.63) is 45.0 Å². The van der Waals surface area contributed by atoms with E-state index in [9.17, 15) is 9.18 Å². The van der Waals surface area contributed by atoms with Gasteiger partial charge in [-0.05, 0) is 24.1 Å². The van der Waals surface area contributed by atoms with Crippen LogP contribution in [0.3, 0.4) is 0 Å². The van der Waals surface area contributed by atoms with Crippen molar-refractivity contribution >= 4 is 17.4 Å². The Kier molecular flexibility index (Phi) is 3.57. The highest BCUT2D eigenvalue weighted by Gasteiger charge is 2.14. The molecule has 4 nitrogen and oxygen atoms in total. The molecule has 2 rings (SSSR count). The maximum absolute atomic E-state index is 13.0. The number of H-pyrrole nitrogens is 1. The molecule has 0 aliphatic rings. The molecule has 19 heavy (non-hydrogen) atoms. The van der Waals surface area contributed by atoms with Gasteiger partial charge in [-0.1, -0.05) is 25.4 Å². The molecule has 0 aliphatic heterocycles. The van der Waals surface area contributed by atoms with E-state index in [0.717, 1.165) is 6.07 Å². The third kappa shape index (κ3) is 2.61. The highest BCUT2D eigenvalue weighted by Crippen LogP contribution is 2.26. The van der Waals surface area contributed by atoms with Gasteiger partial charge in [0.25, 0.3) is 5.56 Å². The Morgan fingerprint density at radius 3 is 2.63 bits per heavy atom. The topological polar surface area (TPSA) is 71.8 Å². The molecule has 0 unspecified atom stereocenters. The average Bonchev–Trinajstić information content (AvgIpc) is 2.26. The highest BCUT2D eigenvalue weighted by atomic mass is 35.5. The standard InChI is InChI=1S/C13H13ClFN3O/c1-6(2)10-11(16)17-12(18-13(10)19)8-4-3-7(15)5-9(8)14/h3-6H,1-2H3,(H3,16,17,18,19). The zero-order valence-electron chi connectivity index (χ0n) is 10.5. The van der Waals surface area contributed by atoms with E-state index in [4.69, 9.17) is 17.3 Å². The molecule has 100 valence electrons. The normalized spacial score (nSPS) is 11.0. The monoisotopic (exact) mass is 281 g/mol. The Labute approximate surface area is 114 Å². The summed E-state index contributed by atoms with van der Waals surface area (Å²) >= 11 is 5.93. The summed E-state index contributed by atoms with van der Waals surface area (Å²) < 4.78 is 13.0. The predicted octanol–water partition coefficient (Wildman–Crippen LogP) is 2.94. The first-order chi connectivity index (χ1) is 8.90. The second kappa shape index (κ2) is 5.01. The van der Waals surface area contributed by atoms with Gasteiger partial charge in [0, 0.05) is 5.56 Å². The molecule has 0 radical (unpaired) electrons. The summed E-state index contributed by atoms with van der Waals surface area (Å²) in [4.78, 5) is 18.7. The van der Waals surface area contributed by atoms with Crippen LogP contribution in [0.1, 0.15) is 25.3 Å². The molecule has 1 aromatic heterocycles. The van der Waals surface area contributed by atoms with E-state index in [1.807, 2.05) is 13.8 Å². The zero-order valence-corrected chi connectivity index (χ0v) is 11.3. The van der Waals surface area contributed by atoms with Gasteiger partial charge in [0.2, 0.25) is 0 Å². The van der Waals surface area contributed by atoms with Gasteiger partial charge in [0.1, 0.15) is 17.5 Å². The van der Waals surface area contributed by atoms with Gasteiger partial charge < -0.3 is 10.7 Å². The summed E-state index contributed by atoms with van der Waals surface area (Å²) in [5, 5.41) is 0.167. The predicted molar refractivity (Wildman–Crippen MR) is 73.8 cm³/mol. The number of hydrogen-bond donors (Lipinski definition) is 2. The van der Waals surface area contributed by atoms with Crippen LogP contribution in [0.4, 0.5) is 10.2 Å². The molecule has 3 N–H and O–H groups in total. The van der Waals surface area contributed by atoms with Gasteiger partial charge in [0.05, 0.1) is 10.6 Å². The van der Waals surface area contributed by atoms with Crippen molar-refractivity contribution in [3.8, 4) is 11.4 Å². The first-order valence-electron chi connectivity index (χ1n) is 5.75. The van der Waals surface area contributed by atoms with E-state index >= 15 is 0 Å². The third-order valence-corrected chi connectivity index (χ3v) is 3.06. The van der Waals surface area contributed by atoms with Crippen LogP contribution in [0.25, 0.3) is 11.4 Å². The lowest BCUT2D eigenvalue weighted by Crippen LogP contribution is -2.19. The number of aromatic nitrogens is 2. The molecule has 0 fully saturated rings. The summed E-state index contributed by atoms with van der Waals surface area (Å²) in [7, 11) is 0. The van der Waals surface area contributed by atoms with Gasteiger partial charge >= 0.3 is 0 Å². The number of halogens is 2. The Morgan fingerprint density at radius 1 is 1.42 bits per heavy atom. The van der Waals surface area contributed by atoms with Gasteiger partial charge in [-0.25, -0.2) is 9.37 Å². The second-order valence-corrected chi connectivity index (χ2v) is 4.90. The molecule has 0 saturated carbocycles. The fourth-order valence-corrected chi connectivity index (χ4v) is 2.12. The lowest BCUT2D eigenvalue weighted by molar-refractivity contribution is 0.628. The maximum Gasteiger partial charge on any atom is 0.256 e. The maximum atomic E-state index is 13.0. The molecular weight excluding hydrogens is 269 g/mol. The fourth-order valence-electron chi connectivity index (χ4n) is 1.87. The number of nitrogens with one attached hydrogen (secondary N) is 1. The van der Waals surface area contributed by atoms with Crippen LogP contribution in [0.15, 0.2) is 23.0 Å². The summed E-state index contributed by atoms with van der Waals surface area (Å²) in [6.45, 7) is 3.71. The third-order valence-electron chi connectivity index (χ3n) is 2.75. The molecule has 0 amide bonds. The van der Waals surface area contributed by atoms with Crippen molar-refractivity contribution in [1.82, 2.24) is 9.97 Å². The SMILES string of the molecule is CC(C)c1c(N)nc(-c2ccc(F)cc2Cl)[nH]c1=O. The number of nitrogens with zero attached hydrogens (tertiary/aromatic N) is 1. The van der Waals surface area contributed by atoms with Crippen LogP contribution in [0, 0.1) is 5.82 Å². The lowest BCUT2D eigenvalue weighted by atomic mass is 10.1. The van der Waals surface area contributed by atoms with Gasteiger partial charge in [-0.2, -0.15) is 0 Å². The summed E-state index contributed by atoms with van der Waals surface area (Å²) in [5.41, 5.74) is 6.35. The molecule has 0 atom stereocenters. The van der Waals surface area contributed by atoms with Crippen LogP contribution < -0.4 is 11.3 Å². The van der Waals surface area contributed by atoms with Crippen molar-refractivity contribution in [3.63, 3.8) is 0 Å². The fraction of sp³-hybridized carbons (Fsp3) is 0.231. The Balaban J connectivity index is 2.62. The molecule has 1 aromatic carbocycles. The average molecular weight is 282 g/mol. The first-order valence-corrected chi connectivity index (χ1v) is 6.13. The molecule has 1 heterocycles. The first kappa shape index (κ1) is 13.5. The smallest absolute Gasteiger partial charge is 0.256 e. The van der Waals surface area contributed by atoms with Crippen molar-refractivity contribution in [2.45, 2.75) is 19.8 Å². The van der Waals surface area contributed by atoms with Crippen molar-refractivity contribution in [1.29, 1.82) is 0 Å². The van der Waals surface area contributed by atoms with Crippen LogP contribution in [-0.4, -0.2) is 9.97 Å². The number of rotatable bonds is 2. The van der Waals surface area contributed by atoms with E-state index < -0.39 is 5.82 Å². The van der Waals surface area contributed by atoms with Crippen LogP contribution in [0.5, 0.6) is 0 Å². The number of anilines is 1. The molecule has 6 heteroatoms. The van der Waals surface area contributed by atoms with E-state index in [1.54, 1.807) is 0 Å². The number of benzene rings is 1. The van der Waals surface area contributed by atoms with E-state index in [2.05, 4.69) is 9.97 Å². The van der Waals surface area contributed by atoms with Crippen molar-refractivity contribution in [2.75, 3.05) is 5.73 Å². The quantitative estimate of drug-likeness (QED) is 0.889. The number of aromatic amines is 1. The molecule has 0 aliphatic carbocycles. The number of nitrogen functional groups attached to an aromatic ring is 1. The zero-order chi connectivity index (χ0) is 14.2. The minimum atomic E-state index is -0.456. The van der Waals surface area contributed by atoms with E-state index in [-0.39, 0.29) is 28.1 Å². The van der Waals surface area contributed by atoms with Crippen LogP contribution in [0.2, 0.25) is 5.02 Å². The molecular formula is C13H13ClFN3O. The van der Waals surface area contributed by atoms with E-state index in [1.165, 1.54) is 12.1 Å². The Bertz CT molecular complexity index is 682. The van der Waals surface area contributed by atoms with Gasteiger partial charge in [-0.3, -0.25) is 4.79 Å². The van der Waals surface area contributed by atoms with Crippen LogP contribution in [-0.2, 0) is 0 Å². The number of nitrogens with two attached hydrogens (primary N) is 1. The molecule has 0 saturated heterocycles. The summed E-state index contributed by atoms with van der Waals surface area (Å²) in [6, 6.07) is 3.85. The van der Waals surface area contributed by atoms with Crippen molar-refractivity contribution < 1.29 is 4.39 Å². The highest BCUT2D eigenvalue weighted by molar-refractivity contribution is 6.33. The molecule has 0 spiro atoms. The minimum Gasteiger partial charge on any atom is -0.383 e. The summed E-state index contributed by atoms with van der Waals surface area (Å²) in [5.74, 6) is -0.0945. The van der Waals surface area contributed by atoms with Gasteiger partial charge in [0.15, 0.2) is 0 Å². The molecule has 0 bridgehead atoms. The largest absolute Gasteiger partial charge is 0.383 e. The van der Waals surface area contributed by atoms with E-state index in [0.29, 0.717) is 11.1 Å². The van der Waals surface area contributed by atoms with Gasteiger partial charge in [-0.15, -0.1) is 0 Å². The summed E-state index contributed by atoms with van der Waals surface area (Å²) in [6.07, 6.45) is 0. The number of hydrogen-bond acceptors (Lipinski definition) is 3. The lowest BCUT2D eigenvalue weighted by Gasteiger charge is -2.10. The minimum absolute atomic E-state index is 0.0333. The Morgan fingerprint density at radius 2 is 2.11 bits per heavy atom.